The van der Waals surface area contributed by atoms with E-state index in [1.807, 2.05) is 66.7 Å². The van der Waals surface area contributed by atoms with Crippen molar-refractivity contribution in [3.63, 3.8) is 0 Å². The molecule has 6 rings (SSSR count). The summed E-state index contributed by atoms with van der Waals surface area (Å²) in [6.07, 6.45) is 0. The van der Waals surface area contributed by atoms with Gasteiger partial charge < -0.3 is 4.90 Å². The van der Waals surface area contributed by atoms with Crippen LogP contribution in [0.3, 0.4) is 0 Å². The highest BCUT2D eigenvalue weighted by molar-refractivity contribution is 5.86. The van der Waals surface area contributed by atoms with Gasteiger partial charge in [-0.15, -0.1) is 0 Å². The highest BCUT2D eigenvalue weighted by Gasteiger charge is 2.20. The molecule has 0 N–H and O–H groups in total. The number of aromatic nitrogens is 3. The summed E-state index contributed by atoms with van der Waals surface area (Å²) in [4.78, 5) is 17.2. The van der Waals surface area contributed by atoms with E-state index < -0.39 is 0 Å². The molecule has 1 aromatic heterocycles. The van der Waals surface area contributed by atoms with Gasteiger partial charge >= 0.3 is 0 Å². The molecule has 0 fully saturated rings. The molecule has 0 saturated carbocycles. The van der Waals surface area contributed by atoms with E-state index in [1.165, 1.54) is 11.1 Å². The molecule has 39 heavy (non-hydrogen) atoms. The second kappa shape index (κ2) is 10.7. The number of aryl methyl sites for hydroxylation is 2. The Morgan fingerprint density at radius 1 is 0.410 bits per heavy atom. The van der Waals surface area contributed by atoms with Crippen molar-refractivity contribution in [1.82, 2.24) is 15.0 Å². The number of para-hydroxylation sites is 1. The molecule has 0 radical (unpaired) electrons. The molecular weight excluding hydrogens is 476 g/mol. The summed E-state index contributed by atoms with van der Waals surface area (Å²) in [6.45, 7) is 4.21. The predicted octanol–water partition coefficient (Wildman–Crippen LogP) is 8.96. The van der Waals surface area contributed by atoms with Crippen LogP contribution >= 0.6 is 0 Å². The zero-order valence-corrected chi connectivity index (χ0v) is 22.0. The van der Waals surface area contributed by atoms with Crippen LogP contribution in [0.15, 0.2) is 133 Å². The van der Waals surface area contributed by atoms with Crippen molar-refractivity contribution in [3.8, 4) is 34.2 Å². The van der Waals surface area contributed by atoms with Crippen molar-refractivity contribution in [2.24, 2.45) is 0 Å². The Morgan fingerprint density at radius 2 is 0.821 bits per heavy atom. The molecule has 188 valence electrons. The van der Waals surface area contributed by atoms with Gasteiger partial charge in [0.25, 0.3) is 0 Å². The van der Waals surface area contributed by atoms with Crippen LogP contribution < -0.4 is 4.90 Å². The molecule has 0 unspecified atom stereocenters. The first-order chi connectivity index (χ1) is 19.2. The number of hydrogen-bond donors (Lipinski definition) is 0. The van der Waals surface area contributed by atoms with Crippen molar-refractivity contribution in [2.45, 2.75) is 13.8 Å². The third kappa shape index (κ3) is 5.18. The molecule has 0 atom stereocenters. The smallest absolute Gasteiger partial charge is 0.166 e. The number of rotatable bonds is 6. The topological polar surface area (TPSA) is 41.9 Å². The van der Waals surface area contributed by atoms with Gasteiger partial charge in [0.2, 0.25) is 0 Å². The lowest BCUT2D eigenvalue weighted by molar-refractivity contribution is 1.07. The lowest BCUT2D eigenvalue weighted by Gasteiger charge is -2.27. The largest absolute Gasteiger partial charge is 0.310 e. The van der Waals surface area contributed by atoms with Gasteiger partial charge in [0.15, 0.2) is 17.5 Å². The van der Waals surface area contributed by atoms with Crippen LogP contribution in [0.2, 0.25) is 0 Å². The Balaban J connectivity index is 1.58. The molecule has 5 aromatic carbocycles. The molecule has 0 aliphatic carbocycles. The monoisotopic (exact) mass is 504 g/mol. The maximum Gasteiger partial charge on any atom is 0.166 e. The van der Waals surface area contributed by atoms with Crippen molar-refractivity contribution in [2.75, 3.05) is 4.90 Å². The molecule has 0 bridgehead atoms. The Kier molecular flexibility index (Phi) is 6.67. The number of anilines is 3. The molecule has 0 saturated heterocycles. The van der Waals surface area contributed by atoms with Gasteiger partial charge in [0.05, 0.1) is 5.69 Å². The molecule has 4 heteroatoms. The zero-order chi connectivity index (χ0) is 26.6. The Morgan fingerprint density at radius 3 is 1.31 bits per heavy atom. The van der Waals surface area contributed by atoms with E-state index in [-0.39, 0.29) is 0 Å². The van der Waals surface area contributed by atoms with E-state index >= 15 is 0 Å². The molecule has 0 aliphatic heterocycles. The standard InChI is InChI=1S/C35H28N4/c1-25-17-21-29(22-18-25)39(30-23-19-26(2)20-24-30)32-16-10-9-15-31(32)35-37-33(27-11-5-3-6-12-27)36-34(38-35)28-13-7-4-8-14-28/h3-24H,1-2H3. The van der Waals surface area contributed by atoms with E-state index in [0.717, 1.165) is 33.8 Å². The fourth-order valence-electron chi connectivity index (χ4n) is 4.60. The summed E-state index contributed by atoms with van der Waals surface area (Å²) in [5.74, 6) is 1.92. The van der Waals surface area contributed by atoms with Gasteiger partial charge in [-0.3, -0.25) is 0 Å². The Labute approximate surface area is 229 Å². The molecule has 1 heterocycles. The molecule has 0 amide bonds. The first kappa shape index (κ1) is 24.3. The minimum atomic E-state index is 0.627. The number of benzene rings is 5. The van der Waals surface area contributed by atoms with Crippen LogP contribution in [0.1, 0.15) is 11.1 Å². The maximum absolute atomic E-state index is 5.01. The normalized spacial score (nSPS) is 10.8. The number of nitrogens with zero attached hydrogens (tertiary/aromatic N) is 4. The van der Waals surface area contributed by atoms with Gasteiger partial charge in [-0.05, 0) is 50.2 Å². The summed E-state index contributed by atoms with van der Waals surface area (Å²) in [6, 6.07) is 45.7. The van der Waals surface area contributed by atoms with Crippen LogP contribution in [-0.4, -0.2) is 15.0 Å². The fourth-order valence-corrected chi connectivity index (χ4v) is 4.60. The lowest BCUT2D eigenvalue weighted by Crippen LogP contribution is -2.12. The Hall–Kier alpha value is -5.09. The van der Waals surface area contributed by atoms with Gasteiger partial charge in [0.1, 0.15) is 0 Å². The van der Waals surface area contributed by atoms with Crippen LogP contribution in [0.5, 0.6) is 0 Å². The van der Waals surface area contributed by atoms with E-state index in [9.17, 15) is 0 Å². The highest BCUT2D eigenvalue weighted by Crippen LogP contribution is 2.40. The first-order valence-electron chi connectivity index (χ1n) is 13.1. The Bertz CT molecular complexity index is 1590. The summed E-state index contributed by atoms with van der Waals surface area (Å²) in [5.41, 5.74) is 8.39. The second-order valence-corrected chi connectivity index (χ2v) is 9.56. The molecule has 4 nitrogen and oxygen atoms in total. The summed E-state index contributed by atoms with van der Waals surface area (Å²) >= 11 is 0. The van der Waals surface area contributed by atoms with Crippen LogP contribution in [0, 0.1) is 13.8 Å². The lowest BCUT2D eigenvalue weighted by atomic mass is 10.1. The quantitative estimate of drug-likeness (QED) is 0.227. The van der Waals surface area contributed by atoms with E-state index in [2.05, 4.69) is 85.5 Å². The zero-order valence-electron chi connectivity index (χ0n) is 22.0. The summed E-state index contributed by atoms with van der Waals surface area (Å²) < 4.78 is 0. The van der Waals surface area contributed by atoms with Crippen LogP contribution in [0.25, 0.3) is 34.2 Å². The average molecular weight is 505 g/mol. The fraction of sp³-hybridized carbons (Fsp3) is 0.0571. The predicted molar refractivity (Wildman–Crippen MR) is 160 cm³/mol. The van der Waals surface area contributed by atoms with Gasteiger partial charge in [-0.2, -0.15) is 0 Å². The minimum Gasteiger partial charge on any atom is -0.310 e. The molecule has 0 spiro atoms. The summed E-state index contributed by atoms with van der Waals surface area (Å²) in [5, 5.41) is 0. The van der Waals surface area contributed by atoms with Crippen molar-refractivity contribution in [3.05, 3.63) is 145 Å². The first-order valence-corrected chi connectivity index (χ1v) is 13.1. The summed E-state index contributed by atoms with van der Waals surface area (Å²) in [7, 11) is 0. The third-order valence-electron chi connectivity index (χ3n) is 6.67. The van der Waals surface area contributed by atoms with E-state index in [1.54, 1.807) is 0 Å². The van der Waals surface area contributed by atoms with E-state index in [4.69, 9.17) is 15.0 Å². The number of hydrogen-bond acceptors (Lipinski definition) is 4. The second-order valence-electron chi connectivity index (χ2n) is 9.56. The highest BCUT2D eigenvalue weighted by atomic mass is 15.2. The molecular formula is C35H28N4. The van der Waals surface area contributed by atoms with Gasteiger partial charge in [0, 0.05) is 28.1 Å². The molecule has 6 aromatic rings. The molecule has 0 aliphatic rings. The third-order valence-corrected chi connectivity index (χ3v) is 6.67. The van der Waals surface area contributed by atoms with Crippen molar-refractivity contribution >= 4 is 17.1 Å². The van der Waals surface area contributed by atoms with Crippen molar-refractivity contribution < 1.29 is 0 Å². The maximum atomic E-state index is 5.01. The van der Waals surface area contributed by atoms with Gasteiger partial charge in [-0.25, -0.2) is 15.0 Å². The van der Waals surface area contributed by atoms with Crippen molar-refractivity contribution in [1.29, 1.82) is 0 Å². The van der Waals surface area contributed by atoms with E-state index in [0.29, 0.717) is 17.5 Å². The SMILES string of the molecule is Cc1ccc(N(c2ccc(C)cc2)c2ccccc2-c2nc(-c3ccccc3)nc(-c3ccccc3)n2)cc1. The van der Waals surface area contributed by atoms with Crippen LogP contribution in [-0.2, 0) is 0 Å². The van der Waals surface area contributed by atoms with Crippen LogP contribution in [0.4, 0.5) is 17.1 Å². The average Bonchev–Trinajstić information content (AvgIpc) is 3.00. The van der Waals surface area contributed by atoms with Gasteiger partial charge in [-0.1, -0.05) is 108 Å². The minimum absolute atomic E-state index is 0.627.